The Morgan fingerprint density at radius 3 is 2.21 bits per heavy atom. The van der Waals surface area contributed by atoms with Crippen LogP contribution in [0.5, 0.6) is 0 Å². The molecule has 0 bridgehead atoms. The van der Waals surface area contributed by atoms with E-state index in [0.717, 1.165) is 31.5 Å². The van der Waals surface area contributed by atoms with Gasteiger partial charge in [-0.15, -0.1) is 0 Å². The summed E-state index contributed by atoms with van der Waals surface area (Å²) in [6, 6.07) is 0. The highest BCUT2D eigenvalue weighted by molar-refractivity contribution is 5.89. The third-order valence-corrected chi connectivity index (χ3v) is 7.85. The molecule has 0 saturated carbocycles. The number of aliphatic hydroxyl groups is 2. The SMILES string of the molecule is C=CC(=O)CCC1=C(O)CC(C)(C)C(CCO)(N2CCC(C)(C)CC2)C1(C)C. The molecule has 160 valence electrons. The Kier molecular flexibility index (Phi) is 6.57. The van der Waals surface area contributed by atoms with Crippen molar-refractivity contribution in [1.82, 2.24) is 4.90 Å². The molecular formula is C24H41NO3. The van der Waals surface area contributed by atoms with E-state index in [1.807, 2.05) is 0 Å². The summed E-state index contributed by atoms with van der Waals surface area (Å²) in [5, 5.41) is 21.1. The molecule has 28 heavy (non-hydrogen) atoms. The van der Waals surface area contributed by atoms with Crippen LogP contribution in [0.4, 0.5) is 0 Å². The van der Waals surface area contributed by atoms with Gasteiger partial charge in [-0.2, -0.15) is 0 Å². The van der Waals surface area contributed by atoms with Crippen molar-refractivity contribution in [2.45, 2.75) is 85.6 Å². The van der Waals surface area contributed by atoms with Crippen LogP contribution in [-0.2, 0) is 4.79 Å². The molecule has 0 amide bonds. The summed E-state index contributed by atoms with van der Waals surface area (Å²) in [5.41, 5.74) is 0.489. The van der Waals surface area contributed by atoms with Crippen LogP contribution in [0.2, 0.25) is 0 Å². The van der Waals surface area contributed by atoms with Crippen LogP contribution < -0.4 is 0 Å². The fourth-order valence-corrected chi connectivity index (χ4v) is 6.22. The number of rotatable bonds is 7. The zero-order valence-electron chi connectivity index (χ0n) is 18.9. The number of nitrogens with zero attached hydrogens (tertiary/aromatic N) is 1. The summed E-state index contributed by atoms with van der Waals surface area (Å²) < 4.78 is 0. The molecule has 0 spiro atoms. The van der Waals surface area contributed by atoms with E-state index in [9.17, 15) is 15.0 Å². The predicted molar refractivity (Wildman–Crippen MR) is 115 cm³/mol. The smallest absolute Gasteiger partial charge is 0.155 e. The molecule has 1 heterocycles. The normalized spacial score (nSPS) is 29.5. The van der Waals surface area contributed by atoms with Crippen molar-refractivity contribution in [3.63, 3.8) is 0 Å². The zero-order chi connectivity index (χ0) is 21.4. The van der Waals surface area contributed by atoms with Crippen LogP contribution in [-0.4, -0.2) is 46.1 Å². The lowest BCUT2D eigenvalue weighted by molar-refractivity contribution is -0.132. The van der Waals surface area contributed by atoms with Gasteiger partial charge in [-0.25, -0.2) is 0 Å². The van der Waals surface area contributed by atoms with Crippen LogP contribution in [0, 0.1) is 16.2 Å². The first kappa shape index (κ1) is 23.2. The highest BCUT2D eigenvalue weighted by Gasteiger charge is 2.62. The minimum atomic E-state index is -0.357. The molecular weight excluding hydrogens is 350 g/mol. The van der Waals surface area contributed by atoms with Gasteiger partial charge in [0, 0.05) is 30.4 Å². The number of allylic oxidation sites excluding steroid dienone is 2. The highest BCUT2D eigenvalue weighted by atomic mass is 16.3. The summed E-state index contributed by atoms with van der Waals surface area (Å²) in [7, 11) is 0. The number of aliphatic hydroxyl groups excluding tert-OH is 2. The largest absolute Gasteiger partial charge is 0.512 e. The first-order valence-corrected chi connectivity index (χ1v) is 10.8. The Labute approximate surface area is 171 Å². The van der Waals surface area contributed by atoms with Gasteiger partial charge in [0.25, 0.3) is 0 Å². The fraction of sp³-hybridized carbons (Fsp3) is 0.792. The van der Waals surface area contributed by atoms with Crippen molar-refractivity contribution in [2.24, 2.45) is 16.2 Å². The topological polar surface area (TPSA) is 60.8 Å². The molecule has 2 rings (SSSR count). The first-order chi connectivity index (χ1) is 12.8. The summed E-state index contributed by atoms with van der Waals surface area (Å²) in [6.07, 6.45) is 5.79. The van der Waals surface area contributed by atoms with Crippen molar-refractivity contribution in [3.8, 4) is 0 Å². The van der Waals surface area contributed by atoms with Gasteiger partial charge < -0.3 is 10.2 Å². The minimum absolute atomic E-state index is 0.00779. The first-order valence-electron chi connectivity index (χ1n) is 10.8. The predicted octanol–water partition coefficient (Wildman–Crippen LogP) is 5.03. The highest BCUT2D eigenvalue weighted by Crippen LogP contribution is 2.61. The van der Waals surface area contributed by atoms with Gasteiger partial charge in [-0.1, -0.05) is 48.1 Å². The zero-order valence-corrected chi connectivity index (χ0v) is 18.9. The number of piperidine rings is 1. The third-order valence-electron chi connectivity index (χ3n) is 7.85. The van der Waals surface area contributed by atoms with E-state index in [1.165, 1.54) is 6.08 Å². The molecule has 1 saturated heterocycles. The van der Waals surface area contributed by atoms with Crippen LogP contribution >= 0.6 is 0 Å². The Morgan fingerprint density at radius 1 is 1.14 bits per heavy atom. The maximum atomic E-state index is 11.9. The van der Waals surface area contributed by atoms with E-state index in [-0.39, 0.29) is 28.8 Å². The Bertz CT molecular complexity index is 634. The van der Waals surface area contributed by atoms with Crippen LogP contribution in [0.15, 0.2) is 24.0 Å². The standard InChI is InChI=1S/C24H41NO3/c1-8-18(27)9-10-19-20(28)17-22(4,5)24(13-16-26,23(19,6)7)25-14-11-21(2,3)12-15-25/h8,26,28H,1,9-17H2,2-7H3. The van der Waals surface area contributed by atoms with Gasteiger partial charge in [0.05, 0.1) is 5.76 Å². The number of carbonyl (C=O) groups excluding carboxylic acids is 1. The molecule has 4 nitrogen and oxygen atoms in total. The molecule has 2 N–H and O–H groups in total. The third kappa shape index (κ3) is 3.82. The molecule has 1 fully saturated rings. The number of ketones is 1. The monoisotopic (exact) mass is 391 g/mol. The van der Waals surface area contributed by atoms with Gasteiger partial charge in [0.2, 0.25) is 0 Å². The maximum Gasteiger partial charge on any atom is 0.155 e. The van der Waals surface area contributed by atoms with Gasteiger partial charge in [0.15, 0.2) is 5.78 Å². The van der Waals surface area contributed by atoms with E-state index in [2.05, 4.69) is 53.0 Å². The van der Waals surface area contributed by atoms with E-state index in [1.54, 1.807) is 0 Å². The molecule has 0 aromatic carbocycles. The molecule has 0 aromatic heterocycles. The Hall–Kier alpha value is -1.13. The van der Waals surface area contributed by atoms with Crippen LogP contribution in [0.1, 0.15) is 80.1 Å². The molecule has 1 atom stereocenters. The number of hydrogen-bond donors (Lipinski definition) is 2. The second kappa shape index (κ2) is 7.95. The van der Waals surface area contributed by atoms with Gasteiger partial charge in [-0.3, -0.25) is 9.69 Å². The van der Waals surface area contributed by atoms with Gasteiger partial charge in [-0.05, 0) is 61.3 Å². The molecule has 0 aromatic rings. The summed E-state index contributed by atoms with van der Waals surface area (Å²) in [5.74, 6) is 0.436. The van der Waals surface area contributed by atoms with E-state index in [4.69, 9.17) is 0 Å². The molecule has 0 radical (unpaired) electrons. The van der Waals surface area contributed by atoms with Crippen LogP contribution in [0.3, 0.4) is 0 Å². The molecule has 2 aliphatic rings. The molecule has 1 unspecified atom stereocenters. The average Bonchev–Trinajstić information content (AvgIpc) is 2.57. The fourth-order valence-electron chi connectivity index (χ4n) is 6.22. The van der Waals surface area contributed by atoms with E-state index >= 15 is 0 Å². The molecule has 4 heteroatoms. The number of likely N-dealkylation sites (tertiary alicyclic amines) is 1. The average molecular weight is 392 g/mol. The van der Waals surface area contributed by atoms with Crippen molar-refractivity contribution in [2.75, 3.05) is 19.7 Å². The lowest BCUT2D eigenvalue weighted by Crippen LogP contribution is -2.70. The van der Waals surface area contributed by atoms with Gasteiger partial charge in [0.1, 0.15) is 0 Å². The molecule has 1 aliphatic heterocycles. The minimum Gasteiger partial charge on any atom is -0.512 e. The maximum absolute atomic E-state index is 11.9. The second-order valence-corrected chi connectivity index (χ2v) is 10.8. The lowest BCUT2D eigenvalue weighted by atomic mass is 9.48. The van der Waals surface area contributed by atoms with Crippen molar-refractivity contribution >= 4 is 5.78 Å². The van der Waals surface area contributed by atoms with Gasteiger partial charge >= 0.3 is 0 Å². The number of carbonyl (C=O) groups is 1. The van der Waals surface area contributed by atoms with Crippen molar-refractivity contribution in [3.05, 3.63) is 24.0 Å². The number of hydrogen-bond acceptors (Lipinski definition) is 4. The summed E-state index contributed by atoms with van der Waals surface area (Å²) >= 11 is 0. The Morgan fingerprint density at radius 2 is 1.71 bits per heavy atom. The van der Waals surface area contributed by atoms with E-state index in [0.29, 0.717) is 36.9 Å². The molecule has 1 aliphatic carbocycles. The summed E-state index contributed by atoms with van der Waals surface area (Å²) in [4.78, 5) is 14.5. The second-order valence-electron chi connectivity index (χ2n) is 10.8. The lowest BCUT2D eigenvalue weighted by Gasteiger charge is -2.66. The van der Waals surface area contributed by atoms with Crippen LogP contribution in [0.25, 0.3) is 0 Å². The quantitative estimate of drug-likeness (QED) is 0.597. The van der Waals surface area contributed by atoms with Crippen molar-refractivity contribution in [1.29, 1.82) is 0 Å². The van der Waals surface area contributed by atoms with E-state index < -0.39 is 0 Å². The van der Waals surface area contributed by atoms with Crippen molar-refractivity contribution < 1.29 is 15.0 Å². The summed E-state index contributed by atoms with van der Waals surface area (Å²) in [6.45, 7) is 19.2. The Balaban J connectivity index is 2.52.